The summed E-state index contributed by atoms with van der Waals surface area (Å²) < 4.78 is 0. The number of aromatic amines is 3. The van der Waals surface area contributed by atoms with E-state index in [2.05, 4.69) is 39.8 Å². The van der Waals surface area contributed by atoms with Gasteiger partial charge >= 0.3 is 17.9 Å². The van der Waals surface area contributed by atoms with Gasteiger partial charge in [0.05, 0.1) is 17.7 Å². The number of fused-ring (bicyclic) bond motifs is 8. The summed E-state index contributed by atoms with van der Waals surface area (Å²) >= 11 is 0. The number of carboxylic acid groups (broad SMARTS) is 3. The molecular weight excluding hydrogens is 560 g/mol. The van der Waals surface area contributed by atoms with Gasteiger partial charge in [-0.05, 0) is 74.1 Å². The van der Waals surface area contributed by atoms with Crippen molar-refractivity contribution in [3.05, 3.63) is 84.8 Å². The Balaban J connectivity index is 1.94. The predicted octanol–water partition coefficient (Wildman–Crippen LogP) is 4.42. The number of hydrogen-bond donors (Lipinski definition) is 7. The summed E-state index contributed by atoms with van der Waals surface area (Å²) in [4.78, 5) is 47.0. The zero-order chi connectivity index (χ0) is 32.0. The molecule has 3 aromatic rings. The van der Waals surface area contributed by atoms with Crippen molar-refractivity contribution in [1.82, 2.24) is 20.3 Å². The zero-order valence-electron chi connectivity index (χ0n) is 25.6. The molecule has 2 unspecified atom stereocenters. The van der Waals surface area contributed by atoms with E-state index < -0.39 is 24.3 Å². The summed E-state index contributed by atoms with van der Waals surface area (Å²) in [6, 6.07) is 0. The molecule has 0 spiro atoms. The van der Waals surface area contributed by atoms with Crippen molar-refractivity contribution in [3.63, 3.8) is 0 Å². The molecule has 2 atom stereocenters. The molecule has 44 heavy (non-hydrogen) atoms. The minimum atomic E-state index is -1.18. The van der Waals surface area contributed by atoms with E-state index in [9.17, 15) is 29.7 Å². The van der Waals surface area contributed by atoms with Gasteiger partial charge in [0.2, 0.25) is 0 Å². The molecule has 7 N–H and O–H groups in total. The standard InChI is InChI=1S/C34H38N4O6/c1-7-19-15(3)23-12-25-17(5)21(9-10-29(39)40)32(37-25)22(11-30(41)42)33-31(34(43)44)18(6)26(38-33)14-28-20(8-2)16(4)24(36-28)13-27(19)35-23/h7,12-14,17,21,35-38H,1,8-11H2,2-6H3,(H,39,40)(H,41,42)(H,43,44). The minimum Gasteiger partial charge on any atom is -0.481 e. The Labute approximate surface area is 254 Å². The van der Waals surface area contributed by atoms with Crippen LogP contribution in [0.4, 0.5) is 0 Å². The maximum absolute atomic E-state index is 12.7. The maximum Gasteiger partial charge on any atom is 0.338 e. The summed E-state index contributed by atoms with van der Waals surface area (Å²) in [5, 5.41) is 35.1. The first kappa shape index (κ1) is 30.5. The number of carboxylic acids is 3. The van der Waals surface area contributed by atoms with E-state index >= 15 is 0 Å². The molecule has 10 nitrogen and oxygen atoms in total. The number of nitrogens with one attached hydrogen (secondary N) is 4. The molecule has 0 aliphatic carbocycles. The Bertz CT molecular complexity index is 1910. The highest BCUT2D eigenvalue weighted by atomic mass is 16.4. The van der Waals surface area contributed by atoms with E-state index in [4.69, 9.17) is 0 Å². The SMILES string of the molecule is C=Cc1c2[nH]c(c1C)C=C1NC(=C(CC(=O)O)c3[nH]c(c(C)c3C(=O)O)C=c3[nH]c(c(C)c3CC)=C2)C(CCC(=O)O)C1C. The second-order valence-corrected chi connectivity index (χ2v) is 11.6. The van der Waals surface area contributed by atoms with Gasteiger partial charge in [0.25, 0.3) is 0 Å². The molecule has 5 heterocycles. The molecule has 0 amide bonds. The molecule has 230 valence electrons. The fraction of sp³-hybridized carbons (Fsp3) is 0.324. The van der Waals surface area contributed by atoms with Crippen molar-refractivity contribution in [2.45, 2.75) is 60.3 Å². The Morgan fingerprint density at radius 3 is 2.18 bits per heavy atom. The number of hydrogen-bond acceptors (Lipinski definition) is 4. The fourth-order valence-corrected chi connectivity index (χ4v) is 6.71. The molecule has 8 bridgehead atoms. The molecule has 0 aromatic carbocycles. The first-order chi connectivity index (χ1) is 20.9. The van der Waals surface area contributed by atoms with E-state index in [1.54, 1.807) is 6.92 Å². The third kappa shape index (κ3) is 5.21. The molecule has 0 saturated carbocycles. The van der Waals surface area contributed by atoms with Crippen molar-refractivity contribution in [2.24, 2.45) is 11.8 Å². The number of aromatic nitrogens is 3. The summed E-state index contributed by atoms with van der Waals surface area (Å²) in [7, 11) is 0. The van der Waals surface area contributed by atoms with Crippen LogP contribution in [-0.2, 0) is 16.0 Å². The molecule has 3 aromatic heterocycles. The van der Waals surface area contributed by atoms with Crippen LogP contribution in [0.2, 0.25) is 0 Å². The van der Waals surface area contributed by atoms with Crippen LogP contribution in [0, 0.1) is 32.6 Å². The fourth-order valence-electron chi connectivity index (χ4n) is 6.71. The largest absolute Gasteiger partial charge is 0.481 e. The van der Waals surface area contributed by atoms with Gasteiger partial charge in [-0.25, -0.2) is 4.79 Å². The molecule has 5 rings (SSSR count). The van der Waals surface area contributed by atoms with E-state index in [1.807, 2.05) is 39.0 Å². The van der Waals surface area contributed by atoms with Crippen LogP contribution >= 0.6 is 0 Å². The summed E-state index contributed by atoms with van der Waals surface area (Å²) in [5.41, 5.74) is 8.56. The zero-order valence-corrected chi connectivity index (χ0v) is 25.6. The molecule has 10 heteroatoms. The Morgan fingerprint density at radius 2 is 1.57 bits per heavy atom. The van der Waals surface area contributed by atoms with Crippen molar-refractivity contribution >= 4 is 47.8 Å². The number of carbonyl (C=O) groups is 3. The number of aliphatic carboxylic acids is 2. The average molecular weight is 599 g/mol. The lowest BCUT2D eigenvalue weighted by atomic mass is 9.85. The third-order valence-electron chi connectivity index (χ3n) is 9.12. The van der Waals surface area contributed by atoms with Crippen LogP contribution in [0.5, 0.6) is 0 Å². The number of allylic oxidation sites excluding steroid dienone is 2. The van der Waals surface area contributed by atoms with E-state index in [-0.39, 0.29) is 35.9 Å². The molecule has 1 saturated heterocycles. The lowest BCUT2D eigenvalue weighted by molar-refractivity contribution is -0.137. The monoisotopic (exact) mass is 598 g/mol. The maximum atomic E-state index is 12.7. The van der Waals surface area contributed by atoms with Crippen molar-refractivity contribution in [1.29, 1.82) is 0 Å². The van der Waals surface area contributed by atoms with Crippen molar-refractivity contribution < 1.29 is 29.7 Å². The smallest absolute Gasteiger partial charge is 0.338 e. The van der Waals surface area contributed by atoms with Gasteiger partial charge in [0.1, 0.15) is 0 Å². The highest BCUT2D eigenvalue weighted by Crippen LogP contribution is 2.42. The molecule has 2 aliphatic heterocycles. The van der Waals surface area contributed by atoms with Crippen molar-refractivity contribution in [2.75, 3.05) is 0 Å². The molecule has 1 fully saturated rings. The number of rotatable bonds is 8. The van der Waals surface area contributed by atoms with Crippen molar-refractivity contribution in [3.8, 4) is 0 Å². The Morgan fingerprint density at radius 1 is 0.886 bits per heavy atom. The summed E-state index contributed by atoms with van der Waals surface area (Å²) in [6.45, 7) is 13.8. The molecule has 0 radical (unpaired) electrons. The van der Waals surface area contributed by atoms with Gasteiger partial charge in [0, 0.05) is 68.6 Å². The van der Waals surface area contributed by atoms with E-state index in [0.29, 0.717) is 22.5 Å². The number of aromatic carboxylic acids is 1. The van der Waals surface area contributed by atoms with Gasteiger partial charge in [-0.3, -0.25) is 9.59 Å². The van der Waals surface area contributed by atoms with Gasteiger partial charge in [-0.2, -0.15) is 0 Å². The van der Waals surface area contributed by atoms with Crippen LogP contribution in [0.3, 0.4) is 0 Å². The molecule has 2 aliphatic rings. The average Bonchev–Trinajstić information content (AvgIpc) is 3.63. The van der Waals surface area contributed by atoms with Gasteiger partial charge in [-0.15, -0.1) is 0 Å². The predicted molar refractivity (Wildman–Crippen MR) is 169 cm³/mol. The van der Waals surface area contributed by atoms with Gasteiger partial charge in [0.15, 0.2) is 0 Å². The van der Waals surface area contributed by atoms with Crippen LogP contribution in [-0.4, -0.2) is 48.2 Å². The van der Waals surface area contributed by atoms with Crippen LogP contribution in [0.25, 0.3) is 29.9 Å². The van der Waals surface area contributed by atoms with E-state index in [1.165, 1.54) is 0 Å². The molecular formula is C34H38N4O6. The van der Waals surface area contributed by atoms with Gasteiger partial charge < -0.3 is 35.6 Å². The first-order valence-corrected chi connectivity index (χ1v) is 14.7. The van der Waals surface area contributed by atoms with E-state index in [0.717, 1.165) is 56.5 Å². The quantitative estimate of drug-likeness (QED) is 0.201. The lowest BCUT2D eigenvalue weighted by Gasteiger charge is -2.18. The minimum absolute atomic E-state index is 0.0126. The summed E-state index contributed by atoms with van der Waals surface area (Å²) in [6.07, 6.45) is 8.10. The normalized spacial score (nSPS) is 17.4. The topological polar surface area (TPSA) is 171 Å². The first-order valence-electron chi connectivity index (χ1n) is 14.7. The lowest BCUT2D eigenvalue weighted by Crippen LogP contribution is -2.16. The second-order valence-electron chi connectivity index (χ2n) is 11.6. The Hall–Kier alpha value is -4.99. The van der Waals surface area contributed by atoms with Crippen LogP contribution in [0.15, 0.2) is 18.0 Å². The van der Waals surface area contributed by atoms with Crippen LogP contribution in [0.1, 0.15) is 94.1 Å². The van der Waals surface area contributed by atoms with Gasteiger partial charge in [-0.1, -0.05) is 26.5 Å². The third-order valence-corrected chi connectivity index (χ3v) is 9.12. The Kier molecular flexibility index (Phi) is 8.03. The van der Waals surface area contributed by atoms with Crippen LogP contribution < -0.4 is 16.0 Å². The summed E-state index contributed by atoms with van der Waals surface area (Å²) in [5.74, 6) is -3.87. The second kappa shape index (κ2) is 11.6. The highest BCUT2D eigenvalue weighted by Gasteiger charge is 2.37. The number of H-pyrrole nitrogens is 3. The highest BCUT2D eigenvalue weighted by molar-refractivity contribution is 5.99.